The van der Waals surface area contributed by atoms with Gasteiger partial charge in [-0.1, -0.05) is 47.7 Å². The summed E-state index contributed by atoms with van der Waals surface area (Å²) in [6.45, 7) is 3.13. The van der Waals surface area contributed by atoms with E-state index < -0.39 is 0 Å². The second kappa shape index (κ2) is 9.63. The standard InChI is InChI=1S/C25H24N2O2S/c1-19-8-12-21(13-9-19)27(25-26-16-5-17-30-25)18-24(28)20-10-14-23(15-11-20)29-22-6-3-2-4-7-22/h2-4,6-15H,5,16-18H2,1H3. The third-order valence-electron chi connectivity index (χ3n) is 4.81. The van der Waals surface area contributed by atoms with Crippen molar-refractivity contribution in [1.29, 1.82) is 0 Å². The molecule has 152 valence electrons. The fourth-order valence-electron chi connectivity index (χ4n) is 3.17. The Morgan fingerprint density at radius 2 is 1.67 bits per heavy atom. The lowest BCUT2D eigenvalue weighted by Gasteiger charge is -2.27. The molecule has 0 unspecified atom stereocenters. The molecule has 1 aliphatic heterocycles. The van der Waals surface area contributed by atoms with Crippen LogP contribution in [0.15, 0.2) is 83.9 Å². The Kier molecular flexibility index (Phi) is 6.50. The molecule has 0 amide bonds. The molecular weight excluding hydrogens is 392 g/mol. The number of nitrogens with zero attached hydrogens (tertiary/aromatic N) is 2. The first-order valence-electron chi connectivity index (χ1n) is 10.1. The summed E-state index contributed by atoms with van der Waals surface area (Å²) in [6, 6.07) is 25.2. The number of carbonyl (C=O) groups excluding carboxylic acids is 1. The molecule has 3 aromatic carbocycles. The van der Waals surface area contributed by atoms with E-state index in [1.165, 1.54) is 5.56 Å². The van der Waals surface area contributed by atoms with E-state index >= 15 is 0 Å². The van der Waals surface area contributed by atoms with Crippen molar-refractivity contribution < 1.29 is 9.53 Å². The van der Waals surface area contributed by atoms with E-state index in [2.05, 4.69) is 36.2 Å². The summed E-state index contributed by atoms with van der Waals surface area (Å²) in [4.78, 5) is 19.8. The predicted octanol–water partition coefficient (Wildman–Crippen LogP) is 5.97. The minimum Gasteiger partial charge on any atom is -0.457 e. The molecule has 0 bridgehead atoms. The van der Waals surface area contributed by atoms with Crippen LogP contribution in [0.2, 0.25) is 0 Å². The van der Waals surface area contributed by atoms with E-state index in [0.29, 0.717) is 11.3 Å². The first-order chi connectivity index (χ1) is 14.7. The van der Waals surface area contributed by atoms with Crippen LogP contribution < -0.4 is 9.64 Å². The summed E-state index contributed by atoms with van der Waals surface area (Å²) in [5, 5.41) is 0.919. The molecule has 4 rings (SSSR count). The van der Waals surface area contributed by atoms with Crippen LogP contribution in [-0.2, 0) is 0 Å². The number of carbonyl (C=O) groups is 1. The normalized spacial score (nSPS) is 13.4. The molecule has 1 aliphatic rings. The number of para-hydroxylation sites is 1. The van der Waals surface area contributed by atoms with Gasteiger partial charge in [0.1, 0.15) is 11.5 Å². The van der Waals surface area contributed by atoms with E-state index in [-0.39, 0.29) is 12.3 Å². The molecule has 0 N–H and O–H groups in total. The van der Waals surface area contributed by atoms with Crippen LogP contribution in [0.25, 0.3) is 0 Å². The van der Waals surface area contributed by atoms with Gasteiger partial charge in [0.25, 0.3) is 0 Å². The number of thioether (sulfide) groups is 1. The van der Waals surface area contributed by atoms with Crippen LogP contribution in [0, 0.1) is 6.92 Å². The molecule has 4 nitrogen and oxygen atoms in total. The van der Waals surface area contributed by atoms with Crippen molar-refractivity contribution >= 4 is 28.4 Å². The Hall–Kier alpha value is -3.05. The van der Waals surface area contributed by atoms with Gasteiger partial charge in [-0.15, -0.1) is 0 Å². The average molecular weight is 417 g/mol. The fourth-order valence-corrected chi connectivity index (χ4v) is 4.14. The van der Waals surface area contributed by atoms with Crippen molar-refractivity contribution in [1.82, 2.24) is 0 Å². The van der Waals surface area contributed by atoms with Crippen molar-refractivity contribution in [2.75, 3.05) is 23.7 Å². The first-order valence-corrected chi connectivity index (χ1v) is 11.1. The Bertz CT molecular complexity index is 1020. The molecule has 0 aromatic heterocycles. The molecule has 30 heavy (non-hydrogen) atoms. The van der Waals surface area contributed by atoms with E-state index in [9.17, 15) is 4.79 Å². The summed E-state index contributed by atoms with van der Waals surface area (Å²) in [7, 11) is 0. The van der Waals surface area contributed by atoms with Crippen LogP contribution in [0.4, 0.5) is 5.69 Å². The summed E-state index contributed by atoms with van der Waals surface area (Å²) < 4.78 is 5.83. The number of benzene rings is 3. The minimum atomic E-state index is 0.0516. The number of amidine groups is 1. The van der Waals surface area contributed by atoms with Gasteiger partial charge < -0.3 is 9.64 Å². The topological polar surface area (TPSA) is 41.9 Å². The zero-order valence-corrected chi connectivity index (χ0v) is 17.8. The number of rotatable bonds is 6. The molecule has 0 saturated carbocycles. The summed E-state index contributed by atoms with van der Waals surface area (Å²) in [5.74, 6) is 2.56. The molecule has 1 heterocycles. The number of hydrogen-bond acceptors (Lipinski definition) is 5. The summed E-state index contributed by atoms with van der Waals surface area (Å²) in [6.07, 6.45) is 1.08. The van der Waals surface area contributed by atoms with Gasteiger partial charge in [0, 0.05) is 23.5 Å². The van der Waals surface area contributed by atoms with Crippen molar-refractivity contribution in [3.8, 4) is 11.5 Å². The lowest BCUT2D eigenvalue weighted by Crippen LogP contribution is -2.35. The van der Waals surface area contributed by atoms with Crippen molar-refractivity contribution in [3.05, 3.63) is 90.0 Å². The first kappa shape index (κ1) is 20.2. The van der Waals surface area contributed by atoms with Crippen molar-refractivity contribution in [2.24, 2.45) is 4.99 Å². The Morgan fingerprint density at radius 1 is 0.967 bits per heavy atom. The number of aryl methyl sites for hydroxylation is 1. The third-order valence-corrected chi connectivity index (χ3v) is 5.91. The molecule has 0 spiro atoms. The highest BCUT2D eigenvalue weighted by Gasteiger charge is 2.20. The van der Waals surface area contributed by atoms with Crippen LogP contribution >= 0.6 is 11.8 Å². The zero-order valence-electron chi connectivity index (χ0n) is 17.0. The number of ether oxygens (including phenoxy) is 1. The van der Waals surface area contributed by atoms with Gasteiger partial charge in [0.15, 0.2) is 11.0 Å². The van der Waals surface area contributed by atoms with Gasteiger partial charge in [-0.2, -0.15) is 0 Å². The Morgan fingerprint density at radius 3 is 2.33 bits per heavy atom. The maximum absolute atomic E-state index is 13.1. The lowest BCUT2D eigenvalue weighted by molar-refractivity contribution is 0.100. The van der Waals surface area contributed by atoms with E-state index in [1.54, 1.807) is 11.8 Å². The van der Waals surface area contributed by atoms with E-state index in [4.69, 9.17) is 4.74 Å². The monoisotopic (exact) mass is 416 g/mol. The maximum Gasteiger partial charge on any atom is 0.182 e. The summed E-state index contributed by atoms with van der Waals surface area (Å²) >= 11 is 1.71. The molecule has 0 radical (unpaired) electrons. The predicted molar refractivity (Wildman–Crippen MR) is 125 cm³/mol. The second-order valence-corrected chi connectivity index (χ2v) is 8.21. The average Bonchev–Trinajstić information content (AvgIpc) is 2.80. The highest BCUT2D eigenvalue weighted by atomic mass is 32.2. The van der Waals surface area contributed by atoms with Gasteiger partial charge in [0.05, 0.1) is 6.54 Å². The van der Waals surface area contributed by atoms with Crippen molar-refractivity contribution in [2.45, 2.75) is 13.3 Å². The fraction of sp³-hybridized carbons (Fsp3) is 0.200. The highest BCUT2D eigenvalue weighted by molar-refractivity contribution is 8.14. The van der Waals surface area contributed by atoms with Crippen LogP contribution in [-0.4, -0.2) is 29.8 Å². The molecule has 5 heteroatoms. The van der Waals surface area contributed by atoms with E-state index in [1.807, 2.05) is 59.5 Å². The van der Waals surface area contributed by atoms with Crippen LogP contribution in [0.5, 0.6) is 11.5 Å². The Labute approximate surface area is 181 Å². The van der Waals surface area contributed by atoms with Crippen molar-refractivity contribution in [3.63, 3.8) is 0 Å². The Balaban J connectivity index is 1.50. The number of hydrogen-bond donors (Lipinski definition) is 0. The van der Waals surface area contributed by atoms with Gasteiger partial charge in [-0.05, 0) is 61.9 Å². The number of Topliss-reactive ketones (excluding diaryl/α,β-unsaturated/α-hetero) is 1. The molecule has 0 atom stereocenters. The SMILES string of the molecule is Cc1ccc(N(CC(=O)c2ccc(Oc3ccccc3)cc2)C2=NCCCS2)cc1. The van der Waals surface area contributed by atoms with Gasteiger partial charge >= 0.3 is 0 Å². The quantitative estimate of drug-likeness (QED) is 0.464. The largest absolute Gasteiger partial charge is 0.457 e. The summed E-state index contributed by atoms with van der Waals surface area (Å²) in [5.41, 5.74) is 2.84. The number of aliphatic imine (C=N–C) groups is 1. The van der Waals surface area contributed by atoms with Gasteiger partial charge in [-0.3, -0.25) is 9.79 Å². The van der Waals surface area contributed by atoms with E-state index in [0.717, 1.165) is 35.3 Å². The smallest absolute Gasteiger partial charge is 0.182 e. The molecule has 3 aromatic rings. The van der Waals surface area contributed by atoms with Gasteiger partial charge in [-0.25, -0.2) is 0 Å². The van der Waals surface area contributed by atoms with Crippen LogP contribution in [0.3, 0.4) is 0 Å². The molecular formula is C25H24N2O2S. The van der Waals surface area contributed by atoms with Gasteiger partial charge in [0.2, 0.25) is 0 Å². The third kappa shape index (κ3) is 5.10. The zero-order chi connectivity index (χ0) is 20.8. The number of anilines is 1. The maximum atomic E-state index is 13.1. The lowest BCUT2D eigenvalue weighted by atomic mass is 10.1. The highest BCUT2D eigenvalue weighted by Crippen LogP contribution is 2.25. The minimum absolute atomic E-state index is 0.0516. The van der Waals surface area contributed by atoms with Crippen LogP contribution in [0.1, 0.15) is 22.3 Å². The molecule has 0 aliphatic carbocycles. The molecule has 0 fully saturated rings. The molecule has 0 saturated heterocycles. The number of ketones is 1. The second-order valence-electron chi connectivity index (χ2n) is 7.15.